The van der Waals surface area contributed by atoms with Crippen LogP contribution in [0.2, 0.25) is 0 Å². The van der Waals surface area contributed by atoms with Crippen LogP contribution in [0.5, 0.6) is 0 Å². The summed E-state index contributed by atoms with van der Waals surface area (Å²) in [6, 6.07) is 8.14. The molecule has 0 saturated carbocycles. The van der Waals surface area contributed by atoms with Gasteiger partial charge in [0.1, 0.15) is 0 Å². The van der Waals surface area contributed by atoms with Crippen molar-refractivity contribution in [1.29, 1.82) is 5.26 Å². The van der Waals surface area contributed by atoms with Crippen LogP contribution in [-0.2, 0) is 12.7 Å². The highest BCUT2D eigenvalue weighted by atomic mass is 19.4. The Balaban J connectivity index is 0.000000232. The fraction of sp³-hybridized carbons (Fsp3) is 0.435. The Labute approximate surface area is 176 Å². The summed E-state index contributed by atoms with van der Waals surface area (Å²) in [6.45, 7) is 8.00. The van der Waals surface area contributed by atoms with E-state index in [-0.39, 0.29) is 12.1 Å². The molecule has 2 aliphatic heterocycles. The maximum Gasteiger partial charge on any atom is 0.416 e. The van der Waals surface area contributed by atoms with Gasteiger partial charge in [-0.1, -0.05) is 37.8 Å². The normalized spacial score (nSPS) is 20.1. The highest BCUT2D eigenvalue weighted by Crippen LogP contribution is 2.30. The van der Waals surface area contributed by atoms with E-state index in [0.29, 0.717) is 12.1 Å². The molecule has 3 rings (SSSR count). The van der Waals surface area contributed by atoms with Crippen LogP contribution in [0.1, 0.15) is 37.3 Å². The second-order valence-corrected chi connectivity index (χ2v) is 7.46. The molecule has 7 heteroatoms. The van der Waals surface area contributed by atoms with Crippen LogP contribution >= 0.6 is 0 Å². The van der Waals surface area contributed by atoms with Crippen LogP contribution in [0.25, 0.3) is 0 Å². The second kappa shape index (κ2) is 11.0. The molecule has 0 aromatic heterocycles. The van der Waals surface area contributed by atoms with Crippen LogP contribution in [0.4, 0.5) is 13.2 Å². The van der Waals surface area contributed by atoms with E-state index in [1.807, 2.05) is 12.3 Å². The predicted molar refractivity (Wildman–Crippen MR) is 113 cm³/mol. The lowest BCUT2D eigenvalue weighted by atomic mass is 9.97. The first-order valence-electron chi connectivity index (χ1n) is 10.1. The molecular formula is C23H29F3N4. The molecule has 0 spiro atoms. The number of dihydropyridines is 1. The minimum Gasteiger partial charge on any atom is -0.383 e. The molecule has 1 atom stereocenters. The minimum atomic E-state index is -4.26. The highest BCUT2D eigenvalue weighted by Gasteiger charge is 2.30. The van der Waals surface area contributed by atoms with Crippen LogP contribution in [0, 0.1) is 11.3 Å². The van der Waals surface area contributed by atoms with Gasteiger partial charge in [-0.25, -0.2) is 0 Å². The Bertz CT molecular complexity index is 812. The number of nitrogens with zero attached hydrogens (tertiary/aromatic N) is 2. The molecule has 2 heterocycles. The number of alkyl halides is 3. The number of piperidine rings is 1. The van der Waals surface area contributed by atoms with Crippen molar-refractivity contribution in [2.75, 3.05) is 13.1 Å². The first-order valence-corrected chi connectivity index (χ1v) is 10.1. The first kappa shape index (κ1) is 23.7. The van der Waals surface area contributed by atoms with Gasteiger partial charge in [0.2, 0.25) is 0 Å². The van der Waals surface area contributed by atoms with E-state index < -0.39 is 11.7 Å². The Morgan fingerprint density at radius 3 is 2.60 bits per heavy atom. The average Bonchev–Trinajstić information content (AvgIpc) is 2.74. The zero-order chi connectivity index (χ0) is 22.1. The molecule has 0 radical (unpaired) electrons. The number of nitrogens with two attached hydrogens (primary N) is 1. The van der Waals surface area contributed by atoms with Gasteiger partial charge in [-0.05, 0) is 61.8 Å². The lowest BCUT2D eigenvalue weighted by Crippen LogP contribution is -2.39. The van der Waals surface area contributed by atoms with Gasteiger partial charge >= 0.3 is 6.18 Å². The van der Waals surface area contributed by atoms with Crippen molar-refractivity contribution in [3.63, 3.8) is 0 Å². The largest absolute Gasteiger partial charge is 0.416 e. The number of nitrogens with one attached hydrogen (secondary N) is 1. The molecule has 1 aromatic rings. The van der Waals surface area contributed by atoms with Crippen LogP contribution in [0.15, 0.2) is 60.3 Å². The Morgan fingerprint density at radius 2 is 2.03 bits per heavy atom. The molecule has 1 saturated heterocycles. The van der Waals surface area contributed by atoms with E-state index in [4.69, 9.17) is 11.0 Å². The smallest absolute Gasteiger partial charge is 0.383 e. The van der Waals surface area contributed by atoms with E-state index in [9.17, 15) is 13.2 Å². The summed E-state index contributed by atoms with van der Waals surface area (Å²) in [5.74, 6) is 0. The number of halogens is 3. The van der Waals surface area contributed by atoms with E-state index in [1.54, 1.807) is 12.1 Å². The number of likely N-dealkylation sites (tertiary alicyclic amines) is 1. The number of nitriles is 1. The third-order valence-corrected chi connectivity index (χ3v) is 5.26. The van der Waals surface area contributed by atoms with Crippen molar-refractivity contribution in [2.45, 2.75) is 51.0 Å². The van der Waals surface area contributed by atoms with Gasteiger partial charge in [0.05, 0.1) is 23.2 Å². The molecule has 0 bridgehead atoms. The van der Waals surface area contributed by atoms with E-state index in [2.05, 4.69) is 29.8 Å². The maximum absolute atomic E-state index is 12.6. The topological polar surface area (TPSA) is 65.1 Å². The number of hydrogen-bond donors (Lipinski definition) is 2. The first-order chi connectivity index (χ1) is 14.3. The summed E-state index contributed by atoms with van der Waals surface area (Å²) < 4.78 is 37.7. The Kier molecular flexibility index (Phi) is 8.70. The van der Waals surface area contributed by atoms with Gasteiger partial charge < -0.3 is 11.1 Å². The second-order valence-electron chi connectivity index (χ2n) is 7.46. The summed E-state index contributed by atoms with van der Waals surface area (Å²) in [5.41, 5.74) is 7.65. The van der Waals surface area contributed by atoms with Gasteiger partial charge in [0.15, 0.2) is 0 Å². The fourth-order valence-electron chi connectivity index (χ4n) is 3.49. The predicted octanol–water partition coefficient (Wildman–Crippen LogP) is 4.52. The Hall–Kier alpha value is -2.56. The van der Waals surface area contributed by atoms with Gasteiger partial charge in [-0.2, -0.15) is 18.4 Å². The highest BCUT2D eigenvalue weighted by molar-refractivity contribution is 5.46. The maximum atomic E-state index is 12.6. The SMILES string of the molecule is C=CC1=C(C#N)C(CC)NC=C1.NC1CCN(Cc2cccc(C(F)(F)F)c2)CC1. The molecule has 1 aromatic carbocycles. The molecule has 1 unspecified atom stereocenters. The molecule has 2 aliphatic rings. The fourth-order valence-corrected chi connectivity index (χ4v) is 3.49. The number of rotatable bonds is 4. The zero-order valence-electron chi connectivity index (χ0n) is 17.3. The van der Waals surface area contributed by atoms with E-state index in [0.717, 1.165) is 49.6 Å². The summed E-state index contributed by atoms with van der Waals surface area (Å²) in [5, 5.41) is 12.0. The zero-order valence-corrected chi connectivity index (χ0v) is 17.3. The molecule has 0 amide bonds. The van der Waals surface area contributed by atoms with Gasteiger partial charge in [0, 0.05) is 12.6 Å². The summed E-state index contributed by atoms with van der Waals surface area (Å²) in [6.07, 6.45) is 3.95. The standard InChI is InChI=1S/C13H17F3N2.C10H12N2/c14-13(15,16)11-3-1-2-10(8-11)9-18-6-4-12(17)5-7-18;1-3-8-5-6-12-10(4-2)9(8)7-11/h1-3,8,12H,4-7,9,17H2;3,5-6,10,12H,1,4H2,2H3. The van der Waals surface area contributed by atoms with E-state index >= 15 is 0 Å². The lowest BCUT2D eigenvalue weighted by Gasteiger charge is -2.30. The van der Waals surface area contributed by atoms with Crippen molar-refractivity contribution < 1.29 is 13.2 Å². The monoisotopic (exact) mass is 418 g/mol. The van der Waals surface area contributed by atoms with Crippen LogP contribution in [0.3, 0.4) is 0 Å². The van der Waals surface area contributed by atoms with Crippen molar-refractivity contribution in [3.05, 3.63) is 71.5 Å². The van der Waals surface area contributed by atoms with Gasteiger partial charge in [0.25, 0.3) is 0 Å². The third kappa shape index (κ3) is 6.75. The van der Waals surface area contributed by atoms with E-state index in [1.165, 1.54) is 12.1 Å². The van der Waals surface area contributed by atoms with Crippen molar-refractivity contribution in [3.8, 4) is 6.07 Å². The number of allylic oxidation sites excluding steroid dienone is 3. The summed E-state index contributed by atoms with van der Waals surface area (Å²) in [4.78, 5) is 2.15. The number of benzene rings is 1. The van der Waals surface area contributed by atoms with Crippen molar-refractivity contribution in [1.82, 2.24) is 10.2 Å². The van der Waals surface area contributed by atoms with Crippen molar-refractivity contribution >= 4 is 0 Å². The molecule has 162 valence electrons. The number of hydrogen-bond acceptors (Lipinski definition) is 4. The van der Waals surface area contributed by atoms with Crippen LogP contribution in [-0.4, -0.2) is 30.1 Å². The summed E-state index contributed by atoms with van der Waals surface area (Å²) in [7, 11) is 0. The van der Waals surface area contributed by atoms with Gasteiger partial charge in [-0.15, -0.1) is 0 Å². The Morgan fingerprint density at radius 1 is 1.33 bits per heavy atom. The molecule has 4 nitrogen and oxygen atoms in total. The molecule has 30 heavy (non-hydrogen) atoms. The minimum absolute atomic E-state index is 0.160. The quantitative estimate of drug-likeness (QED) is 0.755. The third-order valence-electron chi connectivity index (χ3n) is 5.26. The molecular weight excluding hydrogens is 389 g/mol. The van der Waals surface area contributed by atoms with Crippen LogP contribution < -0.4 is 11.1 Å². The molecule has 1 fully saturated rings. The summed E-state index contributed by atoms with van der Waals surface area (Å²) >= 11 is 0. The molecule has 3 N–H and O–H groups in total. The van der Waals surface area contributed by atoms with Crippen molar-refractivity contribution in [2.24, 2.45) is 5.73 Å². The lowest BCUT2D eigenvalue weighted by molar-refractivity contribution is -0.137. The molecule has 0 aliphatic carbocycles. The van der Waals surface area contributed by atoms with Gasteiger partial charge in [-0.3, -0.25) is 4.90 Å². The average molecular weight is 419 g/mol.